The van der Waals surface area contributed by atoms with Gasteiger partial charge in [0.15, 0.2) is 11.6 Å². The molecule has 0 saturated heterocycles. The van der Waals surface area contributed by atoms with Crippen LogP contribution >= 0.6 is 0 Å². The van der Waals surface area contributed by atoms with Gasteiger partial charge in [0.05, 0.1) is 12.7 Å². The summed E-state index contributed by atoms with van der Waals surface area (Å²) in [6.07, 6.45) is 0.654. The maximum absolute atomic E-state index is 14.0. The van der Waals surface area contributed by atoms with Crippen molar-refractivity contribution in [2.45, 2.75) is 0 Å². The van der Waals surface area contributed by atoms with Crippen LogP contribution in [0.2, 0.25) is 0 Å². The Morgan fingerprint density at radius 2 is 1.70 bits per heavy atom. The second kappa shape index (κ2) is 5.61. The predicted molar refractivity (Wildman–Crippen MR) is 68.5 cm³/mol. The fourth-order valence-corrected chi connectivity index (χ4v) is 1.78. The molecule has 0 aromatic heterocycles. The Bertz CT molecular complexity index is 664. The average Bonchev–Trinajstić information content (AvgIpc) is 2.49. The van der Waals surface area contributed by atoms with Gasteiger partial charge in [0.1, 0.15) is 6.29 Å². The van der Waals surface area contributed by atoms with Crippen LogP contribution in [0.25, 0.3) is 11.1 Å². The Labute approximate surface area is 113 Å². The molecule has 0 N–H and O–H groups in total. The van der Waals surface area contributed by atoms with Crippen LogP contribution in [0.3, 0.4) is 0 Å². The zero-order chi connectivity index (χ0) is 14.7. The summed E-state index contributed by atoms with van der Waals surface area (Å²) in [5.41, 5.74) is 0.384. The predicted octanol–water partition coefficient (Wildman–Crippen LogP) is 3.23. The van der Waals surface area contributed by atoms with Gasteiger partial charge < -0.3 is 4.74 Å². The van der Waals surface area contributed by atoms with E-state index in [2.05, 4.69) is 4.74 Å². The second-order valence-electron chi connectivity index (χ2n) is 4.02. The molecule has 0 unspecified atom stereocenters. The molecule has 0 aliphatic rings. The summed E-state index contributed by atoms with van der Waals surface area (Å²) in [4.78, 5) is 21.8. The van der Waals surface area contributed by atoms with Crippen LogP contribution in [0, 0.1) is 11.6 Å². The summed E-state index contributed by atoms with van der Waals surface area (Å²) in [7, 11) is 1.09. The molecule has 0 bridgehead atoms. The molecule has 5 heteroatoms. The number of halogens is 2. The molecule has 0 radical (unpaired) electrons. The van der Waals surface area contributed by atoms with Crippen LogP contribution in [0.1, 0.15) is 20.7 Å². The highest BCUT2D eigenvalue weighted by Crippen LogP contribution is 2.26. The molecule has 0 fully saturated rings. The first-order valence-corrected chi connectivity index (χ1v) is 5.70. The van der Waals surface area contributed by atoms with Crippen molar-refractivity contribution in [2.24, 2.45) is 0 Å². The third-order valence-electron chi connectivity index (χ3n) is 2.85. The van der Waals surface area contributed by atoms with Crippen molar-refractivity contribution in [2.75, 3.05) is 7.11 Å². The number of methoxy groups -OCH3 is 1. The normalized spacial score (nSPS) is 10.2. The quantitative estimate of drug-likeness (QED) is 0.638. The van der Waals surface area contributed by atoms with Crippen molar-refractivity contribution in [1.82, 2.24) is 0 Å². The van der Waals surface area contributed by atoms with E-state index in [4.69, 9.17) is 0 Å². The molecule has 102 valence electrons. The standard InChI is InChI=1S/C15H10F2O3/c1-20-15(19)12-7-6-11(13(16)14(12)17)10-4-2-9(8-18)3-5-10/h2-8H,1H3. The highest BCUT2D eigenvalue weighted by Gasteiger charge is 2.19. The molecular weight excluding hydrogens is 266 g/mol. The molecule has 2 rings (SSSR count). The number of hydrogen-bond acceptors (Lipinski definition) is 3. The van der Waals surface area contributed by atoms with Gasteiger partial charge >= 0.3 is 5.97 Å². The van der Waals surface area contributed by atoms with Gasteiger partial charge in [0.2, 0.25) is 0 Å². The minimum absolute atomic E-state index is 0.00704. The molecule has 0 aliphatic heterocycles. The lowest BCUT2D eigenvalue weighted by atomic mass is 10.0. The van der Waals surface area contributed by atoms with E-state index in [0.29, 0.717) is 17.4 Å². The first-order valence-electron chi connectivity index (χ1n) is 5.70. The van der Waals surface area contributed by atoms with Crippen molar-refractivity contribution in [1.29, 1.82) is 0 Å². The van der Waals surface area contributed by atoms with E-state index >= 15 is 0 Å². The van der Waals surface area contributed by atoms with Gasteiger partial charge in [-0.1, -0.05) is 30.3 Å². The number of benzene rings is 2. The van der Waals surface area contributed by atoms with Crippen LogP contribution in [0.15, 0.2) is 36.4 Å². The van der Waals surface area contributed by atoms with Crippen LogP contribution in [-0.2, 0) is 4.74 Å². The van der Waals surface area contributed by atoms with Gasteiger partial charge in [-0.05, 0) is 11.6 Å². The highest BCUT2D eigenvalue weighted by molar-refractivity contribution is 5.90. The molecule has 2 aromatic rings. The number of rotatable bonds is 3. The molecule has 0 heterocycles. The largest absolute Gasteiger partial charge is 0.465 e. The van der Waals surface area contributed by atoms with E-state index in [1.54, 1.807) is 0 Å². The fraction of sp³-hybridized carbons (Fsp3) is 0.0667. The van der Waals surface area contributed by atoms with Gasteiger partial charge in [-0.2, -0.15) is 0 Å². The van der Waals surface area contributed by atoms with Gasteiger partial charge in [0.25, 0.3) is 0 Å². The van der Waals surface area contributed by atoms with E-state index in [0.717, 1.165) is 13.2 Å². The lowest BCUT2D eigenvalue weighted by Crippen LogP contribution is -2.06. The molecule has 0 spiro atoms. The van der Waals surface area contributed by atoms with E-state index in [1.807, 2.05) is 0 Å². The Kier molecular flexibility index (Phi) is 3.89. The Morgan fingerprint density at radius 1 is 1.05 bits per heavy atom. The van der Waals surface area contributed by atoms with Gasteiger partial charge in [-0.25, -0.2) is 13.6 Å². The molecule has 0 atom stereocenters. The molecule has 0 saturated carbocycles. The lowest BCUT2D eigenvalue weighted by molar-refractivity contribution is 0.0594. The maximum atomic E-state index is 14.0. The number of carbonyl (C=O) groups excluding carboxylic acids is 2. The Balaban J connectivity index is 2.50. The SMILES string of the molecule is COC(=O)c1ccc(-c2ccc(C=O)cc2)c(F)c1F. The molecule has 3 nitrogen and oxygen atoms in total. The summed E-state index contributed by atoms with van der Waals surface area (Å²) < 4.78 is 32.1. The Morgan fingerprint density at radius 3 is 2.25 bits per heavy atom. The zero-order valence-corrected chi connectivity index (χ0v) is 10.5. The van der Waals surface area contributed by atoms with Crippen LogP contribution in [0.4, 0.5) is 8.78 Å². The molecule has 0 amide bonds. The van der Waals surface area contributed by atoms with Gasteiger partial charge in [-0.15, -0.1) is 0 Å². The third-order valence-corrected chi connectivity index (χ3v) is 2.85. The molecule has 0 aliphatic carbocycles. The minimum Gasteiger partial charge on any atom is -0.465 e. The van der Waals surface area contributed by atoms with Crippen LogP contribution < -0.4 is 0 Å². The van der Waals surface area contributed by atoms with E-state index in [1.165, 1.54) is 30.3 Å². The fourth-order valence-electron chi connectivity index (χ4n) is 1.78. The van der Waals surface area contributed by atoms with Crippen molar-refractivity contribution >= 4 is 12.3 Å². The van der Waals surface area contributed by atoms with Crippen LogP contribution in [0.5, 0.6) is 0 Å². The van der Waals surface area contributed by atoms with Crippen molar-refractivity contribution in [3.63, 3.8) is 0 Å². The summed E-state index contributed by atoms with van der Waals surface area (Å²) in [6, 6.07) is 8.44. The number of esters is 1. The highest BCUT2D eigenvalue weighted by atomic mass is 19.2. The van der Waals surface area contributed by atoms with Crippen molar-refractivity contribution in [3.8, 4) is 11.1 Å². The molecular formula is C15H10F2O3. The smallest absolute Gasteiger partial charge is 0.340 e. The lowest BCUT2D eigenvalue weighted by Gasteiger charge is -2.07. The van der Waals surface area contributed by atoms with E-state index in [-0.39, 0.29) is 5.56 Å². The first kappa shape index (κ1) is 13.9. The summed E-state index contributed by atoms with van der Waals surface area (Å²) >= 11 is 0. The second-order valence-corrected chi connectivity index (χ2v) is 4.02. The molecule has 20 heavy (non-hydrogen) atoms. The number of hydrogen-bond donors (Lipinski definition) is 0. The number of carbonyl (C=O) groups is 2. The van der Waals surface area contributed by atoms with Gasteiger partial charge in [-0.3, -0.25) is 4.79 Å². The first-order chi connectivity index (χ1) is 9.58. The molecule has 2 aromatic carbocycles. The summed E-state index contributed by atoms with van der Waals surface area (Å²) in [5.74, 6) is -3.33. The van der Waals surface area contributed by atoms with Crippen molar-refractivity contribution in [3.05, 3.63) is 59.2 Å². The topological polar surface area (TPSA) is 43.4 Å². The third kappa shape index (κ3) is 2.42. The summed E-state index contributed by atoms with van der Waals surface area (Å²) in [6.45, 7) is 0. The Hall–Kier alpha value is -2.56. The van der Waals surface area contributed by atoms with E-state index in [9.17, 15) is 18.4 Å². The average molecular weight is 276 g/mol. The number of ether oxygens (including phenoxy) is 1. The van der Waals surface area contributed by atoms with E-state index < -0.39 is 23.2 Å². The van der Waals surface area contributed by atoms with Gasteiger partial charge in [0, 0.05) is 11.1 Å². The van der Waals surface area contributed by atoms with Crippen molar-refractivity contribution < 1.29 is 23.1 Å². The minimum atomic E-state index is -1.26. The number of aldehydes is 1. The monoisotopic (exact) mass is 276 g/mol. The summed E-state index contributed by atoms with van der Waals surface area (Å²) in [5, 5.41) is 0. The maximum Gasteiger partial charge on any atom is 0.340 e. The van der Waals surface area contributed by atoms with Crippen LogP contribution in [-0.4, -0.2) is 19.4 Å². The zero-order valence-electron chi connectivity index (χ0n) is 10.5.